The van der Waals surface area contributed by atoms with Crippen LogP contribution in [-0.4, -0.2) is 25.0 Å². The normalized spacial score (nSPS) is 9.84. The average molecular weight is 261 g/mol. The summed E-state index contributed by atoms with van der Waals surface area (Å²) >= 11 is 0. The molecule has 0 aromatic heterocycles. The molecule has 1 aromatic rings. The van der Waals surface area contributed by atoms with Crippen molar-refractivity contribution in [1.82, 2.24) is 5.32 Å². The average Bonchev–Trinajstić information content (AvgIpc) is 2.32. The molecule has 4 nitrogen and oxygen atoms in total. The van der Waals surface area contributed by atoms with Crippen molar-refractivity contribution in [1.29, 1.82) is 0 Å². The Labute approximate surface area is 113 Å². The molecule has 0 spiro atoms. The van der Waals surface area contributed by atoms with E-state index >= 15 is 0 Å². The minimum atomic E-state index is -0.444. The highest BCUT2D eigenvalue weighted by atomic mass is 16.5. The summed E-state index contributed by atoms with van der Waals surface area (Å²) < 4.78 is 4.88. The van der Waals surface area contributed by atoms with Gasteiger partial charge in [-0.05, 0) is 32.9 Å². The van der Waals surface area contributed by atoms with Gasteiger partial charge in [-0.3, -0.25) is 4.79 Å². The number of esters is 1. The van der Waals surface area contributed by atoms with Crippen molar-refractivity contribution in [2.75, 3.05) is 13.2 Å². The van der Waals surface area contributed by atoms with E-state index in [1.54, 1.807) is 6.92 Å². The zero-order valence-corrected chi connectivity index (χ0v) is 11.6. The Balaban J connectivity index is 2.43. The summed E-state index contributed by atoms with van der Waals surface area (Å²) in [6.07, 6.45) is 0. The zero-order chi connectivity index (χ0) is 14.4. The lowest BCUT2D eigenvalue weighted by Gasteiger charge is -2.08. The Morgan fingerprint density at radius 1 is 1.21 bits per heavy atom. The second-order valence-electron chi connectivity index (χ2n) is 4.55. The molecule has 0 aliphatic carbocycles. The Kier molecular flexibility index (Phi) is 5.30. The lowest BCUT2D eigenvalue weighted by Crippen LogP contribution is -2.28. The first-order valence-corrected chi connectivity index (χ1v) is 6.09. The van der Waals surface area contributed by atoms with Crippen molar-refractivity contribution in [2.45, 2.75) is 20.8 Å². The number of ether oxygens (including phenoxy) is 1. The molecule has 0 saturated heterocycles. The van der Waals surface area contributed by atoms with Gasteiger partial charge in [-0.25, -0.2) is 4.79 Å². The number of rotatable bonds is 5. The molecule has 0 radical (unpaired) electrons. The van der Waals surface area contributed by atoms with E-state index in [2.05, 4.69) is 11.9 Å². The number of carbonyl (C=O) groups excluding carboxylic acids is 2. The summed E-state index contributed by atoms with van der Waals surface area (Å²) in [5.74, 6) is -0.612. The van der Waals surface area contributed by atoms with Crippen molar-refractivity contribution >= 4 is 11.9 Å². The first kappa shape index (κ1) is 15.0. The molecule has 1 rings (SSSR count). The van der Waals surface area contributed by atoms with Crippen LogP contribution in [-0.2, 0) is 9.53 Å². The maximum absolute atomic E-state index is 11.9. The number of hydrogen-bond acceptors (Lipinski definition) is 3. The van der Waals surface area contributed by atoms with E-state index in [9.17, 15) is 9.59 Å². The molecular formula is C15H19NO3. The van der Waals surface area contributed by atoms with Crippen LogP contribution < -0.4 is 5.32 Å². The minimum absolute atomic E-state index is 0.141. The SMILES string of the molecule is C=C(C)C(=O)OCCNC(=O)c1cc(C)cc(C)c1. The lowest BCUT2D eigenvalue weighted by molar-refractivity contribution is -0.138. The van der Waals surface area contributed by atoms with Crippen LogP contribution in [0.5, 0.6) is 0 Å². The van der Waals surface area contributed by atoms with Gasteiger partial charge in [0.15, 0.2) is 0 Å². The van der Waals surface area contributed by atoms with Gasteiger partial charge >= 0.3 is 5.97 Å². The summed E-state index contributed by atoms with van der Waals surface area (Å²) in [5, 5.41) is 2.70. The molecular weight excluding hydrogens is 242 g/mol. The maximum atomic E-state index is 11.9. The van der Waals surface area contributed by atoms with E-state index in [1.165, 1.54) is 0 Å². The highest BCUT2D eigenvalue weighted by molar-refractivity contribution is 5.94. The van der Waals surface area contributed by atoms with Crippen LogP contribution in [0, 0.1) is 13.8 Å². The summed E-state index contributed by atoms with van der Waals surface area (Å²) in [6, 6.07) is 5.65. The first-order valence-electron chi connectivity index (χ1n) is 6.09. The smallest absolute Gasteiger partial charge is 0.333 e. The fourth-order valence-electron chi connectivity index (χ4n) is 1.64. The Morgan fingerprint density at radius 2 is 1.79 bits per heavy atom. The number of carbonyl (C=O) groups is 2. The van der Waals surface area contributed by atoms with E-state index in [1.807, 2.05) is 32.0 Å². The van der Waals surface area contributed by atoms with Crippen molar-refractivity contribution in [3.63, 3.8) is 0 Å². The fraction of sp³-hybridized carbons (Fsp3) is 0.333. The van der Waals surface area contributed by atoms with E-state index in [-0.39, 0.29) is 19.1 Å². The molecule has 1 aromatic carbocycles. The Hall–Kier alpha value is -2.10. The van der Waals surface area contributed by atoms with Gasteiger partial charge in [0.25, 0.3) is 5.91 Å². The lowest BCUT2D eigenvalue weighted by atomic mass is 10.1. The summed E-state index contributed by atoms with van der Waals surface area (Å²) in [6.45, 7) is 9.36. The van der Waals surface area contributed by atoms with Gasteiger partial charge in [0.1, 0.15) is 6.61 Å². The molecule has 0 heterocycles. The fourth-order valence-corrected chi connectivity index (χ4v) is 1.64. The summed E-state index contributed by atoms with van der Waals surface area (Å²) in [4.78, 5) is 23.0. The molecule has 1 amide bonds. The number of nitrogens with one attached hydrogen (secondary N) is 1. The molecule has 0 atom stereocenters. The predicted molar refractivity (Wildman–Crippen MR) is 74.0 cm³/mol. The minimum Gasteiger partial charge on any atom is -0.460 e. The summed E-state index contributed by atoms with van der Waals surface area (Å²) in [7, 11) is 0. The largest absolute Gasteiger partial charge is 0.460 e. The second-order valence-corrected chi connectivity index (χ2v) is 4.55. The quantitative estimate of drug-likeness (QED) is 0.502. The maximum Gasteiger partial charge on any atom is 0.333 e. The molecule has 1 N–H and O–H groups in total. The zero-order valence-electron chi connectivity index (χ0n) is 11.6. The number of hydrogen-bond donors (Lipinski definition) is 1. The first-order chi connectivity index (χ1) is 8.90. The van der Waals surface area contributed by atoms with Crippen LogP contribution in [0.4, 0.5) is 0 Å². The molecule has 0 saturated carbocycles. The molecule has 4 heteroatoms. The number of aryl methyl sites for hydroxylation is 2. The predicted octanol–water partition coefficient (Wildman–Crippen LogP) is 2.15. The van der Waals surface area contributed by atoms with Crippen LogP contribution in [0.2, 0.25) is 0 Å². The van der Waals surface area contributed by atoms with Crippen molar-refractivity contribution in [2.24, 2.45) is 0 Å². The van der Waals surface area contributed by atoms with Gasteiger partial charge in [0.05, 0.1) is 6.54 Å². The third-order valence-electron chi connectivity index (χ3n) is 2.45. The van der Waals surface area contributed by atoms with Crippen LogP contribution >= 0.6 is 0 Å². The number of benzene rings is 1. The van der Waals surface area contributed by atoms with Crippen molar-refractivity contribution in [3.05, 3.63) is 47.0 Å². The van der Waals surface area contributed by atoms with Gasteiger partial charge in [-0.1, -0.05) is 23.8 Å². The Morgan fingerprint density at radius 3 is 2.32 bits per heavy atom. The molecule has 19 heavy (non-hydrogen) atoms. The molecule has 0 unspecified atom stereocenters. The monoisotopic (exact) mass is 261 g/mol. The molecule has 0 aliphatic heterocycles. The summed E-state index contributed by atoms with van der Waals surface area (Å²) in [5.41, 5.74) is 3.04. The molecule has 102 valence electrons. The Bertz CT molecular complexity index is 486. The van der Waals surface area contributed by atoms with Gasteiger partial charge in [0, 0.05) is 11.1 Å². The standard InChI is InChI=1S/C15H19NO3/c1-10(2)15(18)19-6-5-16-14(17)13-8-11(3)7-12(4)9-13/h7-9H,1,5-6H2,2-4H3,(H,16,17). The van der Waals surface area contributed by atoms with Crippen LogP contribution in [0.15, 0.2) is 30.4 Å². The van der Waals surface area contributed by atoms with Gasteiger partial charge < -0.3 is 10.1 Å². The topological polar surface area (TPSA) is 55.4 Å². The molecule has 0 aliphatic rings. The third-order valence-corrected chi connectivity index (χ3v) is 2.45. The van der Waals surface area contributed by atoms with Crippen molar-refractivity contribution < 1.29 is 14.3 Å². The number of amides is 1. The van der Waals surface area contributed by atoms with Gasteiger partial charge in [-0.15, -0.1) is 0 Å². The third kappa shape index (κ3) is 4.95. The van der Waals surface area contributed by atoms with E-state index in [0.717, 1.165) is 11.1 Å². The van der Waals surface area contributed by atoms with Gasteiger partial charge in [-0.2, -0.15) is 0 Å². The molecule has 0 bridgehead atoms. The van der Waals surface area contributed by atoms with Gasteiger partial charge in [0.2, 0.25) is 0 Å². The van der Waals surface area contributed by atoms with Crippen LogP contribution in [0.25, 0.3) is 0 Å². The highest BCUT2D eigenvalue weighted by Gasteiger charge is 2.07. The van der Waals surface area contributed by atoms with Crippen molar-refractivity contribution in [3.8, 4) is 0 Å². The van der Waals surface area contributed by atoms with E-state index in [4.69, 9.17) is 4.74 Å². The highest BCUT2D eigenvalue weighted by Crippen LogP contribution is 2.08. The van der Waals surface area contributed by atoms with E-state index in [0.29, 0.717) is 11.1 Å². The second kappa shape index (κ2) is 6.73. The molecule has 0 fully saturated rings. The van der Waals surface area contributed by atoms with Crippen LogP contribution in [0.3, 0.4) is 0 Å². The van der Waals surface area contributed by atoms with Crippen LogP contribution in [0.1, 0.15) is 28.4 Å². The van der Waals surface area contributed by atoms with E-state index < -0.39 is 5.97 Å².